The molecular formula is C13H17NO. The Kier molecular flexibility index (Phi) is 2.18. The molecule has 0 N–H and O–H groups in total. The van der Waals surface area contributed by atoms with Gasteiger partial charge in [-0.2, -0.15) is 0 Å². The van der Waals surface area contributed by atoms with Crippen LogP contribution in [0.4, 0.5) is 0 Å². The van der Waals surface area contributed by atoms with E-state index in [9.17, 15) is 4.79 Å². The quantitative estimate of drug-likeness (QED) is 0.595. The Morgan fingerprint density at radius 2 is 2.07 bits per heavy atom. The molecule has 0 amide bonds. The van der Waals surface area contributed by atoms with E-state index in [0.717, 1.165) is 23.4 Å². The highest BCUT2D eigenvalue weighted by molar-refractivity contribution is 6.09. The van der Waals surface area contributed by atoms with Crippen LogP contribution in [0.15, 0.2) is 28.4 Å². The van der Waals surface area contributed by atoms with Crippen molar-refractivity contribution in [2.24, 2.45) is 16.3 Å². The summed E-state index contributed by atoms with van der Waals surface area (Å²) >= 11 is 0. The first kappa shape index (κ1) is 10.3. The first-order valence-corrected chi connectivity index (χ1v) is 5.43. The van der Waals surface area contributed by atoms with Crippen LogP contribution in [-0.4, -0.2) is 11.5 Å². The Balaban J connectivity index is 2.30. The third kappa shape index (κ3) is 1.69. The summed E-state index contributed by atoms with van der Waals surface area (Å²) in [5, 5.41) is 0. The van der Waals surface area contributed by atoms with E-state index in [0.29, 0.717) is 0 Å². The molecule has 2 rings (SSSR count). The van der Waals surface area contributed by atoms with Gasteiger partial charge in [-0.3, -0.25) is 9.79 Å². The van der Waals surface area contributed by atoms with Crippen LogP contribution in [0.5, 0.6) is 0 Å². The molecule has 0 saturated carbocycles. The van der Waals surface area contributed by atoms with Gasteiger partial charge in [-0.05, 0) is 6.08 Å². The van der Waals surface area contributed by atoms with Crippen LogP contribution in [0.3, 0.4) is 0 Å². The van der Waals surface area contributed by atoms with Crippen LogP contribution < -0.4 is 0 Å². The molecule has 2 aliphatic rings. The van der Waals surface area contributed by atoms with E-state index in [4.69, 9.17) is 0 Å². The Morgan fingerprint density at radius 3 is 2.67 bits per heavy atom. The first-order chi connectivity index (χ1) is 6.89. The molecule has 1 atom stereocenters. The van der Waals surface area contributed by atoms with Crippen LogP contribution in [-0.2, 0) is 4.79 Å². The van der Waals surface area contributed by atoms with Gasteiger partial charge < -0.3 is 0 Å². The van der Waals surface area contributed by atoms with Crippen molar-refractivity contribution in [2.75, 3.05) is 0 Å². The topological polar surface area (TPSA) is 29.4 Å². The Bertz CT molecular complexity index is 405. The number of hydrogen-bond acceptors (Lipinski definition) is 2. The van der Waals surface area contributed by atoms with E-state index >= 15 is 0 Å². The van der Waals surface area contributed by atoms with Crippen molar-refractivity contribution < 1.29 is 4.79 Å². The molecule has 2 nitrogen and oxygen atoms in total. The number of allylic oxidation sites excluding steroid dienone is 3. The minimum absolute atomic E-state index is 0.0262. The predicted octanol–water partition coefficient (Wildman–Crippen LogP) is 2.91. The van der Waals surface area contributed by atoms with Crippen LogP contribution in [0.2, 0.25) is 0 Å². The highest BCUT2D eigenvalue weighted by Crippen LogP contribution is 2.34. The fourth-order valence-corrected chi connectivity index (χ4v) is 1.89. The molecule has 0 aromatic rings. The van der Waals surface area contributed by atoms with Crippen molar-refractivity contribution >= 4 is 11.5 Å². The summed E-state index contributed by atoms with van der Waals surface area (Å²) in [5.41, 5.74) is 2.99. The van der Waals surface area contributed by atoms with Gasteiger partial charge in [0.05, 0.1) is 5.70 Å². The zero-order valence-electron chi connectivity index (χ0n) is 9.79. The van der Waals surface area contributed by atoms with Crippen molar-refractivity contribution in [3.8, 4) is 0 Å². The third-order valence-corrected chi connectivity index (χ3v) is 3.03. The molecule has 2 heteroatoms. The summed E-state index contributed by atoms with van der Waals surface area (Å²) < 4.78 is 0. The highest BCUT2D eigenvalue weighted by Gasteiger charge is 2.32. The lowest BCUT2D eigenvalue weighted by atomic mass is 9.84. The lowest BCUT2D eigenvalue weighted by Gasteiger charge is -2.18. The maximum Gasteiger partial charge on any atom is 0.167 e. The number of carbonyl (C=O) groups excluding carboxylic acids is 1. The maximum absolute atomic E-state index is 11.9. The predicted molar refractivity (Wildman–Crippen MR) is 61.8 cm³/mol. The van der Waals surface area contributed by atoms with Crippen molar-refractivity contribution in [2.45, 2.75) is 34.1 Å². The van der Waals surface area contributed by atoms with Gasteiger partial charge in [0.25, 0.3) is 0 Å². The molecule has 1 aliphatic heterocycles. The van der Waals surface area contributed by atoms with Crippen molar-refractivity contribution in [1.82, 2.24) is 0 Å². The zero-order valence-corrected chi connectivity index (χ0v) is 9.79. The van der Waals surface area contributed by atoms with Gasteiger partial charge in [0.15, 0.2) is 5.78 Å². The van der Waals surface area contributed by atoms with Crippen molar-refractivity contribution in [1.29, 1.82) is 0 Å². The summed E-state index contributed by atoms with van der Waals surface area (Å²) in [6.07, 6.45) is 4.67. The smallest absolute Gasteiger partial charge is 0.167 e. The number of nitrogens with zero attached hydrogens (tertiary/aromatic N) is 1. The van der Waals surface area contributed by atoms with Gasteiger partial charge in [0.2, 0.25) is 0 Å². The summed E-state index contributed by atoms with van der Waals surface area (Å²) in [6.45, 7) is 8.36. The molecular weight excluding hydrogens is 186 g/mol. The Labute approximate surface area is 90.8 Å². The van der Waals surface area contributed by atoms with Gasteiger partial charge in [0.1, 0.15) is 0 Å². The van der Waals surface area contributed by atoms with Gasteiger partial charge in [-0.15, -0.1) is 0 Å². The van der Waals surface area contributed by atoms with E-state index < -0.39 is 0 Å². The Morgan fingerprint density at radius 1 is 1.40 bits per heavy atom. The summed E-state index contributed by atoms with van der Waals surface area (Å²) in [6, 6.07) is 0. The molecule has 0 aromatic heterocycles. The molecule has 15 heavy (non-hydrogen) atoms. The second-order valence-electron chi connectivity index (χ2n) is 5.36. The van der Waals surface area contributed by atoms with Gasteiger partial charge in [-0.1, -0.05) is 33.8 Å². The maximum atomic E-state index is 11.9. The second-order valence-corrected chi connectivity index (χ2v) is 5.36. The second kappa shape index (κ2) is 3.16. The zero-order chi connectivity index (χ0) is 11.2. The molecule has 0 spiro atoms. The minimum atomic E-state index is 0.0262. The number of Topliss-reactive ketones (excluding diaryl/α,β-unsaturated/α-hetero) is 1. The highest BCUT2D eigenvalue weighted by atomic mass is 16.1. The molecule has 0 bridgehead atoms. The molecule has 0 radical (unpaired) electrons. The molecule has 1 heterocycles. The lowest BCUT2D eigenvalue weighted by Crippen LogP contribution is -2.21. The van der Waals surface area contributed by atoms with E-state index in [-0.39, 0.29) is 17.1 Å². The van der Waals surface area contributed by atoms with E-state index in [1.54, 1.807) is 0 Å². The average Bonchev–Trinajstić information content (AvgIpc) is 2.55. The van der Waals surface area contributed by atoms with Crippen LogP contribution >= 0.6 is 0 Å². The van der Waals surface area contributed by atoms with Crippen molar-refractivity contribution in [3.63, 3.8) is 0 Å². The van der Waals surface area contributed by atoms with Crippen LogP contribution in [0, 0.1) is 11.3 Å². The summed E-state index contributed by atoms with van der Waals surface area (Å²) in [4.78, 5) is 16.5. The van der Waals surface area contributed by atoms with E-state index in [1.807, 2.05) is 19.1 Å². The Hall–Kier alpha value is -1.18. The van der Waals surface area contributed by atoms with Crippen LogP contribution in [0.25, 0.3) is 0 Å². The van der Waals surface area contributed by atoms with Gasteiger partial charge >= 0.3 is 0 Å². The van der Waals surface area contributed by atoms with Crippen molar-refractivity contribution in [3.05, 3.63) is 23.4 Å². The lowest BCUT2D eigenvalue weighted by molar-refractivity contribution is -0.117. The minimum Gasteiger partial charge on any atom is -0.294 e. The normalized spacial score (nSPS) is 25.7. The SMILES string of the molecule is CC1C=CC2=C(CC(C(C)(C)C)=N2)C1=O. The number of aliphatic imine (C=N–C) groups is 1. The fourth-order valence-electron chi connectivity index (χ4n) is 1.89. The molecule has 1 unspecified atom stereocenters. The number of ketones is 1. The fraction of sp³-hybridized carbons (Fsp3) is 0.538. The van der Waals surface area contributed by atoms with Crippen LogP contribution in [0.1, 0.15) is 34.1 Å². The number of hydrogen-bond donors (Lipinski definition) is 0. The van der Waals surface area contributed by atoms with E-state index in [1.165, 1.54) is 0 Å². The standard InChI is InChI=1S/C13H17NO/c1-8-5-6-10-9(12(8)15)7-11(14-10)13(2,3)4/h5-6,8H,7H2,1-4H3. The molecule has 0 saturated heterocycles. The average molecular weight is 203 g/mol. The summed E-state index contributed by atoms with van der Waals surface area (Å²) in [7, 11) is 0. The third-order valence-electron chi connectivity index (χ3n) is 3.03. The monoisotopic (exact) mass is 203 g/mol. The molecule has 1 aliphatic carbocycles. The first-order valence-electron chi connectivity index (χ1n) is 5.43. The van der Waals surface area contributed by atoms with Gasteiger partial charge in [0, 0.05) is 29.0 Å². The van der Waals surface area contributed by atoms with E-state index in [2.05, 4.69) is 25.8 Å². The summed E-state index contributed by atoms with van der Waals surface area (Å²) in [5.74, 6) is 0.272. The molecule has 0 fully saturated rings. The molecule has 80 valence electrons. The number of carbonyl (C=O) groups is 1. The number of rotatable bonds is 0. The van der Waals surface area contributed by atoms with Gasteiger partial charge in [-0.25, -0.2) is 0 Å². The largest absolute Gasteiger partial charge is 0.294 e. The molecule has 0 aromatic carbocycles.